The zero-order valence-corrected chi connectivity index (χ0v) is 9.49. The first-order chi connectivity index (χ1) is 7.15. The molecule has 2 atom stereocenters. The second-order valence-corrected chi connectivity index (χ2v) is 3.81. The first-order valence-corrected chi connectivity index (χ1v) is 5.43. The Balaban J connectivity index is 3.60. The average Bonchev–Trinajstić information content (AvgIpc) is 2.25. The minimum atomic E-state index is -0.528. The molecule has 0 rings (SSSR count). The van der Waals surface area contributed by atoms with Crippen molar-refractivity contribution in [2.24, 2.45) is 11.8 Å². The number of carbonyl (C=O) groups is 1. The van der Waals surface area contributed by atoms with Crippen molar-refractivity contribution in [3.8, 4) is 6.07 Å². The predicted octanol–water partition coefficient (Wildman–Crippen LogP) is 1.06. The Morgan fingerprint density at radius 1 is 1.60 bits per heavy atom. The standard InChI is InChI=1S/C11H20N2O2/c1-3-10(7-12)11(15)13-6-4-5-9(2)8-14/h9-10,14H,3-6,8H2,1-2H3,(H,13,15). The molecule has 1 amide bonds. The third-order valence-electron chi connectivity index (χ3n) is 2.37. The molecule has 2 N–H and O–H groups in total. The summed E-state index contributed by atoms with van der Waals surface area (Å²) in [7, 11) is 0. The third-order valence-corrected chi connectivity index (χ3v) is 2.37. The molecule has 0 aromatic rings. The van der Waals surface area contributed by atoms with Gasteiger partial charge < -0.3 is 10.4 Å². The summed E-state index contributed by atoms with van der Waals surface area (Å²) in [5.41, 5.74) is 0. The topological polar surface area (TPSA) is 73.1 Å². The van der Waals surface area contributed by atoms with E-state index in [0.717, 1.165) is 12.8 Å². The maximum Gasteiger partial charge on any atom is 0.237 e. The number of rotatable bonds is 7. The van der Waals surface area contributed by atoms with Gasteiger partial charge in [-0.1, -0.05) is 13.8 Å². The molecule has 0 heterocycles. The number of nitrogens with zero attached hydrogens (tertiary/aromatic N) is 1. The summed E-state index contributed by atoms with van der Waals surface area (Å²) in [6.07, 6.45) is 2.28. The molecule has 0 spiro atoms. The van der Waals surface area contributed by atoms with Gasteiger partial charge in [0.2, 0.25) is 5.91 Å². The maximum atomic E-state index is 11.3. The van der Waals surface area contributed by atoms with E-state index >= 15 is 0 Å². The van der Waals surface area contributed by atoms with Crippen LogP contribution < -0.4 is 5.32 Å². The molecule has 0 bridgehead atoms. The lowest BCUT2D eigenvalue weighted by atomic mass is 10.1. The molecule has 0 aromatic heterocycles. The zero-order valence-electron chi connectivity index (χ0n) is 9.49. The molecule has 0 aliphatic heterocycles. The van der Waals surface area contributed by atoms with Gasteiger partial charge in [0.05, 0.1) is 6.07 Å². The molecule has 0 fully saturated rings. The summed E-state index contributed by atoms with van der Waals surface area (Å²) >= 11 is 0. The van der Waals surface area contributed by atoms with Crippen LogP contribution in [0.1, 0.15) is 33.1 Å². The normalized spacial score (nSPS) is 14.0. The van der Waals surface area contributed by atoms with Gasteiger partial charge >= 0.3 is 0 Å². The van der Waals surface area contributed by atoms with Gasteiger partial charge in [-0.15, -0.1) is 0 Å². The van der Waals surface area contributed by atoms with Crippen molar-refractivity contribution in [1.82, 2.24) is 5.32 Å². The number of nitrogens with one attached hydrogen (secondary N) is 1. The number of aliphatic hydroxyl groups is 1. The second-order valence-electron chi connectivity index (χ2n) is 3.81. The summed E-state index contributed by atoms with van der Waals surface area (Å²) in [6.45, 7) is 4.55. The van der Waals surface area contributed by atoms with Crippen molar-refractivity contribution in [2.45, 2.75) is 33.1 Å². The number of carbonyl (C=O) groups excluding carboxylic acids is 1. The van der Waals surface area contributed by atoms with Gasteiger partial charge in [0, 0.05) is 13.2 Å². The molecular formula is C11H20N2O2. The van der Waals surface area contributed by atoms with Crippen LogP contribution in [-0.2, 0) is 4.79 Å². The number of amides is 1. The number of hydrogen-bond donors (Lipinski definition) is 2. The van der Waals surface area contributed by atoms with Crippen LogP contribution in [0.15, 0.2) is 0 Å². The van der Waals surface area contributed by atoms with Gasteiger partial charge in [-0.05, 0) is 25.2 Å². The molecular weight excluding hydrogens is 192 g/mol. The Hall–Kier alpha value is -1.08. The Kier molecular flexibility index (Phi) is 7.65. The predicted molar refractivity (Wildman–Crippen MR) is 57.9 cm³/mol. The Bertz CT molecular complexity index is 223. The summed E-state index contributed by atoms with van der Waals surface area (Å²) in [6, 6.07) is 1.96. The third kappa shape index (κ3) is 6.08. The van der Waals surface area contributed by atoms with Gasteiger partial charge in [0.15, 0.2) is 0 Å². The Morgan fingerprint density at radius 3 is 2.73 bits per heavy atom. The van der Waals surface area contributed by atoms with Crippen LogP contribution in [0.3, 0.4) is 0 Å². The molecule has 15 heavy (non-hydrogen) atoms. The highest BCUT2D eigenvalue weighted by Crippen LogP contribution is 2.04. The molecule has 86 valence electrons. The van der Waals surface area contributed by atoms with Gasteiger partial charge in [0.1, 0.15) is 5.92 Å². The van der Waals surface area contributed by atoms with E-state index in [0.29, 0.717) is 13.0 Å². The zero-order chi connectivity index (χ0) is 11.7. The van der Waals surface area contributed by atoms with Crippen molar-refractivity contribution in [1.29, 1.82) is 5.26 Å². The van der Waals surface area contributed by atoms with E-state index in [9.17, 15) is 4.79 Å². The largest absolute Gasteiger partial charge is 0.396 e. The van der Waals surface area contributed by atoms with Gasteiger partial charge in [-0.2, -0.15) is 5.26 Å². The summed E-state index contributed by atoms with van der Waals surface area (Å²) in [4.78, 5) is 11.3. The fourth-order valence-electron chi connectivity index (χ4n) is 1.21. The first-order valence-electron chi connectivity index (χ1n) is 5.43. The van der Waals surface area contributed by atoms with Crippen LogP contribution in [0.5, 0.6) is 0 Å². The Labute approximate surface area is 91.3 Å². The molecule has 4 nitrogen and oxygen atoms in total. The van der Waals surface area contributed by atoms with Crippen LogP contribution in [0, 0.1) is 23.2 Å². The van der Waals surface area contributed by atoms with Gasteiger partial charge in [-0.3, -0.25) is 4.79 Å². The highest BCUT2D eigenvalue weighted by molar-refractivity contribution is 5.80. The highest BCUT2D eigenvalue weighted by atomic mass is 16.3. The molecule has 2 unspecified atom stereocenters. The van der Waals surface area contributed by atoms with Crippen molar-refractivity contribution < 1.29 is 9.90 Å². The fraction of sp³-hybridized carbons (Fsp3) is 0.818. The minimum Gasteiger partial charge on any atom is -0.396 e. The molecule has 0 aromatic carbocycles. The SMILES string of the molecule is CCC(C#N)C(=O)NCCCC(C)CO. The summed E-state index contributed by atoms with van der Waals surface area (Å²) in [5.74, 6) is -0.434. The number of aliphatic hydroxyl groups excluding tert-OH is 1. The summed E-state index contributed by atoms with van der Waals surface area (Å²) in [5, 5.41) is 20.1. The lowest BCUT2D eigenvalue weighted by molar-refractivity contribution is -0.123. The molecule has 0 radical (unpaired) electrons. The molecule has 4 heteroatoms. The van der Waals surface area contributed by atoms with Crippen molar-refractivity contribution in [2.75, 3.05) is 13.2 Å². The highest BCUT2D eigenvalue weighted by Gasteiger charge is 2.14. The van der Waals surface area contributed by atoms with Crippen molar-refractivity contribution in [3.63, 3.8) is 0 Å². The quantitative estimate of drug-likeness (QED) is 0.620. The monoisotopic (exact) mass is 212 g/mol. The van der Waals surface area contributed by atoms with E-state index in [1.54, 1.807) is 0 Å². The van der Waals surface area contributed by atoms with E-state index in [-0.39, 0.29) is 18.4 Å². The van der Waals surface area contributed by atoms with Crippen LogP contribution in [0.4, 0.5) is 0 Å². The smallest absolute Gasteiger partial charge is 0.237 e. The first kappa shape index (κ1) is 13.9. The Morgan fingerprint density at radius 2 is 2.27 bits per heavy atom. The van der Waals surface area contributed by atoms with Crippen molar-refractivity contribution >= 4 is 5.91 Å². The lowest BCUT2D eigenvalue weighted by Crippen LogP contribution is -2.30. The summed E-state index contributed by atoms with van der Waals surface area (Å²) < 4.78 is 0. The van der Waals surface area contributed by atoms with Crippen LogP contribution in [-0.4, -0.2) is 24.2 Å². The second kappa shape index (κ2) is 8.25. The van der Waals surface area contributed by atoms with Crippen LogP contribution >= 0.6 is 0 Å². The van der Waals surface area contributed by atoms with E-state index in [4.69, 9.17) is 10.4 Å². The number of nitriles is 1. The van der Waals surface area contributed by atoms with Crippen molar-refractivity contribution in [3.05, 3.63) is 0 Å². The molecule has 0 saturated carbocycles. The van der Waals surface area contributed by atoms with Gasteiger partial charge in [-0.25, -0.2) is 0 Å². The van der Waals surface area contributed by atoms with Crippen LogP contribution in [0.25, 0.3) is 0 Å². The van der Waals surface area contributed by atoms with E-state index < -0.39 is 5.92 Å². The van der Waals surface area contributed by atoms with E-state index in [1.807, 2.05) is 19.9 Å². The molecule has 0 saturated heterocycles. The van der Waals surface area contributed by atoms with Crippen LogP contribution in [0.2, 0.25) is 0 Å². The molecule has 0 aliphatic rings. The molecule has 0 aliphatic carbocycles. The minimum absolute atomic E-state index is 0.184. The van der Waals surface area contributed by atoms with E-state index in [2.05, 4.69) is 5.32 Å². The maximum absolute atomic E-state index is 11.3. The van der Waals surface area contributed by atoms with E-state index in [1.165, 1.54) is 0 Å². The number of hydrogen-bond acceptors (Lipinski definition) is 3. The average molecular weight is 212 g/mol. The lowest BCUT2D eigenvalue weighted by Gasteiger charge is -2.10. The van der Waals surface area contributed by atoms with Gasteiger partial charge in [0.25, 0.3) is 0 Å². The fourth-order valence-corrected chi connectivity index (χ4v) is 1.21.